The number of aryl methyl sites for hydroxylation is 1. The van der Waals surface area contributed by atoms with E-state index in [0.29, 0.717) is 11.7 Å². The van der Waals surface area contributed by atoms with Gasteiger partial charge in [-0.25, -0.2) is 9.97 Å². The van der Waals surface area contributed by atoms with Crippen molar-refractivity contribution in [3.05, 3.63) is 42.4 Å². The Morgan fingerprint density at radius 1 is 1.19 bits per heavy atom. The van der Waals surface area contributed by atoms with Crippen molar-refractivity contribution in [3.8, 4) is 11.5 Å². The van der Waals surface area contributed by atoms with Gasteiger partial charge >= 0.3 is 0 Å². The second kappa shape index (κ2) is 4.69. The molecule has 0 atom stereocenters. The molecule has 0 N–H and O–H groups in total. The van der Waals surface area contributed by atoms with Gasteiger partial charge < -0.3 is 14.0 Å². The fourth-order valence-electron chi connectivity index (χ4n) is 2.49. The standard InChI is InChI=1S/C14H14N6O/c1-10-17-14(21-18-10)11-2-3-13(16-6-11)19-4-5-20-9-15-7-12(20)8-19/h2-3,6-7,9H,4-5,8H2,1H3. The van der Waals surface area contributed by atoms with E-state index >= 15 is 0 Å². The Hall–Kier alpha value is -2.70. The number of nitrogens with zero attached hydrogens (tertiary/aromatic N) is 6. The first-order chi connectivity index (χ1) is 10.3. The zero-order valence-electron chi connectivity index (χ0n) is 11.6. The van der Waals surface area contributed by atoms with Gasteiger partial charge in [-0.3, -0.25) is 0 Å². The highest BCUT2D eigenvalue weighted by Crippen LogP contribution is 2.22. The first-order valence-electron chi connectivity index (χ1n) is 6.80. The molecular weight excluding hydrogens is 268 g/mol. The summed E-state index contributed by atoms with van der Waals surface area (Å²) in [5.41, 5.74) is 2.04. The lowest BCUT2D eigenvalue weighted by atomic mass is 10.2. The van der Waals surface area contributed by atoms with Crippen LogP contribution in [0.3, 0.4) is 0 Å². The van der Waals surface area contributed by atoms with Crippen LogP contribution in [-0.4, -0.2) is 31.2 Å². The molecule has 0 aromatic carbocycles. The number of aromatic nitrogens is 5. The van der Waals surface area contributed by atoms with Gasteiger partial charge in [0.05, 0.1) is 24.1 Å². The third-order valence-corrected chi connectivity index (χ3v) is 3.61. The third-order valence-electron chi connectivity index (χ3n) is 3.61. The van der Waals surface area contributed by atoms with Gasteiger partial charge in [-0.1, -0.05) is 5.16 Å². The molecule has 7 heteroatoms. The van der Waals surface area contributed by atoms with E-state index in [9.17, 15) is 0 Å². The summed E-state index contributed by atoms with van der Waals surface area (Å²) in [6.07, 6.45) is 5.55. The highest BCUT2D eigenvalue weighted by atomic mass is 16.5. The summed E-state index contributed by atoms with van der Waals surface area (Å²) in [5, 5.41) is 3.79. The molecule has 106 valence electrons. The predicted octanol–water partition coefficient (Wildman–Crippen LogP) is 1.66. The molecule has 0 radical (unpaired) electrons. The molecule has 0 aliphatic carbocycles. The van der Waals surface area contributed by atoms with E-state index < -0.39 is 0 Å². The fourth-order valence-corrected chi connectivity index (χ4v) is 2.49. The number of fused-ring (bicyclic) bond motifs is 1. The molecule has 7 nitrogen and oxygen atoms in total. The van der Waals surface area contributed by atoms with Gasteiger partial charge in [0.15, 0.2) is 5.82 Å². The fraction of sp³-hybridized carbons (Fsp3) is 0.286. The lowest BCUT2D eigenvalue weighted by molar-refractivity contribution is 0.425. The molecule has 0 bridgehead atoms. The van der Waals surface area contributed by atoms with E-state index in [4.69, 9.17) is 4.52 Å². The largest absolute Gasteiger partial charge is 0.349 e. The smallest absolute Gasteiger partial charge is 0.259 e. The Kier molecular flexibility index (Phi) is 2.70. The third kappa shape index (κ3) is 2.16. The Bertz CT molecular complexity index is 760. The minimum atomic E-state index is 0.503. The minimum absolute atomic E-state index is 0.503. The topological polar surface area (TPSA) is 72.9 Å². The highest BCUT2D eigenvalue weighted by Gasteiger charge is 2.17. The Morgan fingerprint density at radius 2 is 2.14 bits per heavy atom. The second-order valence-electron chi connectivity index (χ2n) is 5.05. The molecule has 1 aliphatic heterocycles. The molecule has 0 saturated carbocycles. The van der Waals surface area contributed by atoms with Crippen LogP contribution >= 0.6 is 0 Å². The maximum Gasteiger partial charge on any atom is 0.259 e. The lowest BCUT2D eigenvalue weighted by Gasteiger charge is -2.28. The Labute approximate surface area is 121 Å². The van der Waals surface area contributed by atoms with Crippen molar-refractivity contribution >= 4 is 5.82 Å². The summed E-state index contributed by atoms with van der Waals surface area (Å²) < 4.78 is 7.32. The summed E-state index contributed by atoms with van der Waals surface area (Å²) in [7, 11) is 0. The van der Waals surface area contributed by atoms with Crippen molar-refractivity contribution in [2.75, 3.05) is 11.4 Å². The molecule has 0 unspecified atom stereocenters. The number of pyridine rings is 1. The zero-order valence-corrected chi connectivity index (χ0v) is 11.6. The van der Waals surface area contributed by atoms with E-state index in [1.54, 1.807) is 13.1 Å². The summed E-state index contributed by atoms with van der Waals surface area (Å²) in [4.78, 5) is 15.1. The van der Waals surface area contributed by atoms with Crippen molar-refractivity contribution in [1.29, 1.82) is 0 Å². The van der Waals surface area contributed by atoms with Crippen LogP contribution in [0.4, 0.5) is 5.82 Å². The molecule has 3 aromatic rings. The zero-order chi connectivity index (χ0) is 14.2. The van der Waals surface area contributed by atoms with Gasteiger partial charge in [0, 0.05) is 25.5 Å². The summed E-state index contributed by atoms with van der Waals surface area (Å²) in [6.45, 7) is 4.48. The number of rotatable bonds is 2. The van der Waals surface area contributed by atoms with E-state index in [1.165, 1.54) is 5.69 Å². The van der Waals surface area contributed by atoms with Gasteiger partial charge in [-0.15, -0.1) is 0 Å². The number of hydrogen-bond donors (Lipinski definition) is 0. The quantitative estimate of drug-likeness (QED) is 0.711. The molecule has 21 heavy (non-hydrogen) atoms. The van der Waals surface area contributed by atoms with Crippen LogP contribution in [0, 0.1) is 6.92 Å². The van der Waals surface area contributed by atoms with Crippen molar-refractivity contribution in [2.45, 2.75) is 20.0 Å². The molecule has 1 aliphatic rings. The van der Waals surface area contributed by atoms with E-state index in [1.807, 2.05) is 24.7 Å². The maximum absolute atomic E-state index is 5.15. The van der Waals surface area contributed by atoms with E-state index in [2.05, 4.69) is 29.6 Å². The average molecular weight is 282 g/mol. The second-order valence-corrected chi connectivity index (χ2v) is 5.05. The monoisotopic (exact) mass is 282 g/mol. The van der Waals surface area contributed by atoms with Gasteiger partial charge in [-0.2, -0.15) is 4.98 Å². The summed E-state index contributed by atoms with van der Waals surface area (Å²) in [5.74, 6) is 2.07. The van der Waals surface area contributed by atoms with Crippen LogP contribution < -0.4 is 4.90 Å². The number of hydrogen-bond acceptors (Lipinski definition) is 6. The molecule has 3 aromatic heterocycles. The Balaban J connectivity index is 1.57. The molecule has 0 spiro atoms. The SMILES string of the molecule is Cc1noc(-c2ccc(N3CCn4cncc4C3)nc2)n1. The molecule has 0 fully saturated rings. The highest BCUT2D eigenvalue weighted by molar-refractivity contribution is 5.54. The van der Waals surface area contributed by atoms with Crippen LogP contribution in [-0.2, 0) is 13.1 Å². The molecule has 0 amide bonds. The lowest BCUT2D eigenvalue weighted by Crippen LogP contribution is -2.33. The van der Waals surface area contributed by atoms with Gasteiger partial charge in [-0.05, 0) is 19.1 Å². The minimum Gasteiger partial charge on any atom is -0.349 e. The van der Waals surface area contributed by atoms with Crippen LogP contribution in [0.5, 0.6) is 0 Å². The average Bonchev–Trinajstić information content (AvgIpc) is 3.15. The van der Waals surface area contributed by atoms with Crippen LogP contribution in [0.15, 0.2) is 35.4 Å². The van der Waals surface area contributed by atoms with Gasteiger partial charge in [0.2, 0.25) is 0 Å². The molecular formula is C14H14N6O. The van der Waals surface area contributed by atoms with Crippen molar-refractivity contribution in [3.63, 3.8) is 0 Å². The molecule has 4 heterocycles. The number of anilines is 1. The Morgan fingerprint density at radius 3 is 2.90 bits per heavy atom. The first-order valence-corrected chi connectivity index (χ1v) is 6.80. The first kappa shape index (κ1) is 12.1. The van der Waals surface area contributed by atoms with Crippen LogP contribution in [0.25, 0.3) is 11.5 Å². The maximum atomic E-state index is 5.15. The van der Waals surface area contributed by atoms with Gasteiger partial charge in [0.25, 0.3) is 5.89 Å². The van der Waals surface area contributed by atoms with Crippen LogP contribution in [0.1, 0.15) is 11.5 Å². The van der Waals surface area contributed by atoms with Crippen molar-refractivity contribution in [2.24, 2.45) is 0 Å². The van der Waals surface area contributed by atoms with E-state index in [0.717, 1.165) is 31.0 Å². The summed E-state index contributed by atoms with van der Waals surface area (Å²) in [6, 6.07) is 3.95. The number of imidazole rings is 1. The molecule has 0 saturated heterocycles. The van der Waals surface area contributed by atoms with Crippen LogP contribution in [0.2, 0.25) is 0 Å². The van der Waals surface area contributed by atoms with Crippen molar-refractivity contribution < 1.29 is 4.52 Å². The summed E-state index contributed by atoms with van der Waals surface area (Å²) >= 11 is 0. The van der Waals surface area contributed by atoms with E-state index in [-0.39, 0.29) is 0 Å². The van der Waals surface area contributed by atoms with Crippen molar-refractivity contribution in [1.82, 2.24) is 24.7 Å². The predicted molar refractivity (Wildman–Crippen MR) is 75.5 cm³/mol. The normalized spacial score (nSPS) is 14.2. The van der Waals surface area contributed by atoms with Gasteiger partial charge in [0.1, 0.15) is 5.82 Å². The molecule has 4 rings (SSSR count).